The topological polar surface area (TPSA) is 129 Å². The third kappa shape index (κ3) is 4.56. The highest BCUT2D eigenvalue weighted by Crippen LogP contribution is 2.32. The summed E-state index contributed by atoms with van der Waals surface area (Å²) in [5.74, 6) is -2.05. The van der Waals surface area contributed by atoms with Crippen molar-refractivity contribution in [3.63, 3.8) is 0 Å². The van der Waals surface area contributed by atoms with E-state index in [1.165, 1.54) is 0 Å². The van der Waals surface area contributed by atoms with E-state index < -0.39 is 34.4 Å². The number of rotatable bonds is 7. The van der Waals surface area contributed by atoms with Crippen molar-refractivity contribution < 1.29 is 28.7 Å². The average Bonchev–Trinajstić information content (AvgIpc) is 3.08. The molecule has 3 rings (SSSR count). The smallest absolute Gasteiger partial charge is 0.327 e. The third-order valence-electron chi connectivity index (χ3n) is 3.78. The van der Waals surface area contributed by atoms with Crippen molar-refractivity contribution >= 4 is 53.3 Å². The first-order chi connectivity index (χ1) is 12.9. The molecule has 144 valence electrons. The summed E-state index contributed by atoms with van der Waals surface area (Å²) in [5, 5.41) is -0.965. The molecule has 0 aliphatic carbocycles. The SMILES string of the molecule is CCN(CC)c1nc(SC2CC(=O)OC2=O)nc(SC2CC(=O)OC2=O)n1. The molecule has 2 aliphatic heterocycles. The Morgan fingerprint density at radius 3 is 1.63 bits per heavy atom. The number of anilines is 1. The second-order valence-corrected chi connectivity index (χ2v) is 7.92. The van der Waals surface area contributed by atoms with Crippen molar-refractivity contribution in [3.8, 4) is 0 Å². The van der Waals surface area contributed by atoms with Crippen molar-refractivity contribution in [1.82, 2.24) is 15.0 Å². The minimum absolute atomic E-state index is 0.0539. The van der Waals surface area contributed by atoms with Gasteiger partial charge in [0.2, 0.25) is 5.95 Å². The van der Waals surface area contributed by atoms with Crippen LogP contribution in [0.1, 0.15) is 26.7 Å². The Morgan fingerprint density at radius 2 is 1.30 bits per heavy atom. The first-order valence-electron chi connectivity index (χ1n) is 8.23. The molecule has 0 amide bonds. The Balaban J connectivity index is 1.86. The Kier molecular flexibility index (Phi) is 5.95. The summed E-state index contributed by atoms with van der Waals surface area (Å²) < 4.78 is 9.09. The molecule has 0 bridgehead atoms. The van der Waals surface area contributed by atoms with E-state index in [0.717, 1.165) is 23.5 Å². The lowest BCUT2D eigenvalue weighted by atomic mass is 10.4. The molecule has 2 saturated heterocycles. The second kappa shape index (κ2) is 8.21. The normalized spacial score (nSPS) is 22.1. The van der Waals surface area contributed by atoms with Gasteiger partial charge in [0.1, 0.15) is 10.5 Å². The van der Waals surface area contributed by atoms with Crippen molar-refractivity contribution in [1.29, 1.82) is 0 Å². The highest BCUT2D eigenvalue weighted by atomic mass is 32.2. The summed E-state index contributed by atoms with van der Waals surface area (Å²) in [6.07, 6.45) is -0.108. The fourth-order valence-electron chi connectivity index (χ4n) is 2.42. The van der Waals surface area contributed by atoms with Gasteiger partial charge in [-0.3, -0.25) is 19.2 Å². The number of ether oxygens (including phenoxy) is 2. The van der Waals surface area contributed by atoms with E-state index in [1.807, 2.05) is 18.7 Å². The van der Waals surface area contributed by atoms with Gasteiger partial charge < -0.3 is 14.4 Å². The molecule has 0 aromatic carbocycles. The van der Waals surface area contributed by atoms with E-state index in [0.29, 0.717) is 19.0 Å². The molecule has 0 spiro atoms. The molecule has 27 heavy (non-hydrogen) atoms. The summed E-state index contributed by atoms with van der Waals surface area (Å²) in [5.41, 5.74) is 0. The zero-order valence-corrected chi connectivity index (χ0v) is 16.2. The van der Waals surface area contributed by atoms with Crippen LogP contribution in [0.3, 0.4) is 0 Å². The molecule has 2 fully saturated rings. The third-order valence-corrected chi connectivity index (χ3v) is 5.86. The van der Waals surface area contributed by atoms with Crippen molar-refractivity contribution in [3.05, 3.63) is 0 Å². The number of hydrogen-bond acceptors (Lipinski definition) is 12. The second-order valence-electron chi connectivity index (χ2n) is 5.58. The number of esters is 4. The number of thioether (sulfide) groups is 2. The molecule has 0 N–H and O–H groups in total. The average molecular weight is 412 g/mol. The number of cyclic esters (lactones) is 4. The van der Waals surface area contributed by atoms with Crippen LogP contribution in [-0.2, 0) is 28.7 Å². The maximum atomic E-state index is 11.7. The monoisotopic (exact) mass is 412 g/mol. The van der Waals surface area contributed by atoms with Crippen LogP contribution in [0.2, 0.25) is 0 Å². The number of carbonyl (C=O) groups excluding carboxylic acids is 4. The summed E-state index contributed by atoms with van der Waals surface area (Å²) in [7, 11) is 0. The highest BCUT2D eigenvalue weighted by Gasteiger charge is 2.37. The number of hydrogen-bond donors (Lipinski definition) is 0. The van der Waals surface area contributed by atoms with Gasteiger partial charge in [0.25, 0.3) is 0 Å². The molecule has 10 nitrogen and oxygen atoms in total. The highest BCUT2D eigenvalue weighted by molar-refractivity contribution is 8.01. The number of nitrogens with zero attached hydrogens (tertiary/aromatic N) is 4. The molecule has 1 aromatic heterocycles. The minimum Gasteiger partial charge on any atom is -0.392 e. The molecule has 0 radical (unpaired) electrons. The van der Waals surface area contributed by atoms with E-state index >= 15 is 0 Å². The summed E-state index contributed by atoms with van der Waals surface area (Å²) in [6.45, 7) is 5.16. The van der Waals surface area contributed by atoms with Gasteiger partial charge in [0.15, 0.2) is 10.3 Å². The van der Waals surface area contributed by atoms with E-state index in [2.05, 4.69) is 24.4 Å². The van der Waals surface area contributed by atoms with Gasteiger partial charge in [0.05, 0.1) is 12.8 Å². The van der Waals surface area contributed by atoms with E-state index in [4.69, 9.17) is 0 Å². The summed E-state index contributed by atoms with van der Waals surface area (Å²) in [6, 6.07) is 0. The molecule has 3 heterocycles. The molecule has 2 atom stereocenters. The van der Waals surface area contributed by atoms with E-state index in [9.17, 15) is 19.2 Å². The summed E-state index contributed by atoms with van der Waals surface area (Å²) >= 11 is 2.02. The van der Waals surface area contributed by atoms with Gasteiger partial charge in [0, 0.05) is 13.1 Å². The lowest BCUT2D eigenvalue weighted by molar-refractivity contribution is -0.153. The van der Waals surface area contributed by atoms with Gasteiger partial charge in [-0.25, -0.2) is 0 Å². The zero-order valence-electron chi connectivity index (χ0n) is 14.5. The standard InChI is InChI=1S/C15H16N4O6S2/c1-3-19(4-2)13-16-14(26-7-5-9(20)24-11(7)22)18-15(17-13)27-8-6-10(21)25-12(8)23/h7-8H,3-6H2,1-2H3. The zero-order chi connectivity index (χ0) is 19.6. The number of carbonyl (C=O) groups is 4. The van der Waals surface area contributed by atoms with Gasteiger partial charge in [-0.05, 0) is 13.8 Å². The van der Waals surface area contributed by atoms with Crippen LogP contribution in [0.15, 0.2) is 10.3 Å². The first kappa shape index (κ1) is 19.5. The lowest BCUT2D eigenvalue weighted by Gasteiger charge is -2.19. The molecule has 0 saturated carbocycles. The molecular formula is C15H16N4O6S2. The van der Waals surface area contributed by atoms with E-state index in [1.54, 1.807) is 0 Å². The molecule has 2 aliphatic rings. The van der Waals surface area contributed by atoms with Crippen LogP contribution >= 0.6 is 23.5 Å². The van der Waals surface area contributed by atoms with Gasteiger partial charge in [-0.1, -0.05) is 23.5 Å². The largest absolute Gasteiger partial charge is 0.392 e. The molecule has 12 heteroatoms. The van der Waals surface area contributed by atoms with Crippen LogP contribution in [0.4, 0.5) is 5.95 Å². The predicted molar refractivity (Wildman–Crippen MR) is 94.1 cm³/mol. The lowest BCUT2D eigenvalue weighted by Crippen LogP contribution is -2.25. The van der Waals surface area contributed by atoms with Crippen molar-refractivity contribution in [2.75, 3.05) is 18.0 Å². The molecule has 2 unspecified atom stereocenters. The number of aromatic nitrogens is 3. The van der Waals surface area contributed by atoms with Crippen LogP contribution in [-0.4, -0.2) is 62.4 Å². The maximum Gasteiger partial charge on any atom is 0.327 e. The van der Waals surface area contributed by atoms with Gasteiger partial charge >= 0.3 is 23.9 Å². The van der Waals surface area contributed by atoms with Crippen molar-refractivity contribution in [2.24, 2.45) is 0 Å². The molecular weight excluding hydrogens is 396 g/mol. The Bertz CT molecular complexity index is 744. The predicted octanol–water partition coefficient (Wildman–Crippen LogP) is 0.586. The fourth-order valence-corrected chi connectivity index (χ4v) is 4.27. The van der Waals surface area contributed by atoms with E-state index in [-0.39, 0.29) is 23.2 Å². The maximum absolute atomic E-state index is 11.7. The van der Waals surface area contributed by atoms with Crippen LogP contribution in [0.25, 0.3) is 0 Å². The first-order valence-corrected chi connectivity index (χ1v) is 9.98. The quantitative estimate of drug-likeness (QED) is 0.459. The Labute approximate surface area is 162 Å². The van der Waals surface area contributed by atoms with Crippen LogP contribution < -0.4 is 4.90 Å². The van der Waals surface area contributed by atoms with Crippen LogP contribution in [0.5, 0.6) is 0 Å². The Hall–Kier alpha value is -2.21. The fraction of sp³-hybridized carbons (Fsp3) is 0.533. The van der Waals surface area contributed by atoms with Gasteiger partial charge in [-0.15, -0.1) is 0 Å². The van der Waals surface area contributed by atoms with Gasteiger partial charge in [-0.2, -0.15) is 15.0 Å². The van der Waals surface area contributed by atoms with Crippen LogP contribution in [0, 0.1) is 0 Å². The summed E-state index contributed by atoms with van der Waals surface area (Å²) in [4.78, 5) is 60.9. The molecule has 1 aromatic rings. The van der Waals surface area contributed by atoms with Crippen molar-refractivity contribution in [2.45, 2.75) is 47.5 Å². The Morgan fingerprint density at radius 1 is 0.852 bits per heavy atom. The minimum atomic E-state index is -0.722.